The van der Waals surface area contributed by atoms with Gasteiger partial charge in [-0.05, 0) is 69.9 Å². The van der Waals surface area contributed by atoms with E-state index in [-0.39, 0.29) is 37.8 Å². The first-order chi connectivity index (χ1) is 26.3. The van der Waals surface area contributed by atoms with Crippen LogP contribution < -0.4 is 16.0 Å². The van der Waals surface area contributed by atoms with Crippen LogP contribution in [0.5, 0.6) is 0 Å². The molecule has 0 saturated carbocycles. The number of carbonyl (C=O) groups excluding carboxylic acids is 7. The molecule has 4 aliphatic heterocycles. The molecule has 1 aromatic carbocycles. The maximum atomic E-state index is 14.7. The Balaban J connectivity index is 1.32. The van der Waals surface area contributed by atoms with Crippen molar-refractivity contribution in [2.24, 2.45) is 13.0 Å². The topological polar surface area (TPSA) is 192 Å². The van der Waals surface area contributed by atoms with E-state index in [0.29, 0.717) is 50.8 Å². The summed E-state index contributed by atoms with van der Waals surface area (Å²) in [6, 6.07) is 4.51. The van der Waals surface area contributed by atoms with Crippen LogP contribution in [0.15, 0.2) is 42.6 Å². The van der Waals surface area contributed by atoms with Crippen LogP contribution >= 0.6 is 0 Å². The van der Waals surface area contributed by atoms with Gasteiger partial charge in [0.2, 0.25) is 35.4 Å². The number of amides is 6. The third-order valence-corrected chi connectivity index (χ3v) is 11.1. The third kappa shape index (κ3) is 9.00. The Morgan fingerprint density at radius 3 is 2.31 bits per heavy atom. The van der Waals surface area contributed by atoms with Gasteiger partial charge in [-0.25, -0.2) is 4.79 Å². The number of nitrogens with one attached hydrogen (secondary N) is 3. The first-order valence-corrected chi connectivity index (χ1v) is 19.3. The first-order valence-electron chi connectivity index (χ1n) is 19.3. The molecule has 1 aromatic heterocycles. The van der Waals surface area contributed by atoms with E-state index >= 15 is 0 Å². The third-order valence-electron chi connectivity index (χ3n) is 11.1. The maximum Gasteiger partial charge on any atom is 0.329 e. The zero-order chi connectivity index (χ0) is 39.4. The first kappa shape index (κ1) is 39.4. The van der Waals surface area contributed by atoms with Crippen molar-refractivity contribution in [1.82, 2.24) is 40.4 Å². The predicted octanol–water partition coefficient (Wildman–Crippen LogP) is 0.234. The van der Waals surface area contributed by atoms with E-state index in [9.17, 15) is 33.6 Å². The number of cyclic esters (lactones) is 1. The number of carbonyl (C=O) groups is 7. The smallest absolute Gasteiger partial charge is 0.329 e. The molecule has 5 heterocycles. The monoisotopic (exact) mass is 760 g/mol. The Kier molecular flexibility index (Phi) is 12.2. The second kappa shape index (κ2) is 17.0. The quantitative estimate of drug-likeness (QED) is 0.332. The highest BCUT2D eigenvalue weighted by Gasteiger charge is 2.47. The summed E-state index contributed by atoms with van der Waals surface area (Å²) in [5.41, 5.74) is 1.26. The number of nitrogens with zero attached hydrogens (tertiary/aromatic N) is 5. The minimum Gasteiger partial charge on any atom is -0.458 e. The van der Waals surface area contributed by atoms with Crippen molar-refractivity contribution in [2.75, 3.05) is 19.6 Å². The van der Waals surface area contributed by atoms with Gasteiger partial charge in [-0.3, -0.25) is 33.4 Å². The molecule has 4 aliphatic rings. The summed E-state index contributed by atoms with van der Waals surface area (Å²) in [6.45, 7) is 5.75. The minimum absolute atomic E-state index is 0.0517. The Labute approximate surface area is 320 Å². The number of aryl methyl sites for hydroxylation is 1. The van der Waals surface area contributed by atoms with Crippen LogP contribution in [0.2, 0.25) is 0 Å². The van der Waals surface area contributed by atoms with Gasteiger partial charge in [0.05, 0.1) is 12.1 Å². The van der Waals surface area contributed by atoms with Crippen molar-refractivity contribution >= 4 is 41.4 Å². The second-order valence-electron chi connectivity index (χ2n) is 15.4. The minimum atomic E-state index is -1.45. The fourth-order valence-corrected chi connectivity index (χ4v) is 8.25. The van der Waals surface area contributed by atoms with Gasteiger partial charge in [0, 0.05) is 39.3 Å². The predicted molar refractivity (Wildman–Crippen MR) is 197 cm³/mol. The Bertz CT molecular complexity index is 1780. The number of ether oxygens (including phenoxy) is 1. The number of benzene rings is 1. The lowest BCUT2D eigenvalue weighted by molar-refractivity contribution is -0.163. The molecule has 55 heavy (non-hydrogen) atoms. The Hall–Kier alpha value is -5.28. The summed E-state index contributed by atoms with van der Waals surface area (Å²) in [5, 5.41) is 12.7. The van der Waals surface area contributed by atoms with Gasteiger partial charge in [-0.2, -0.15) is 5.10 Å². The molecule has 4 fully saturated rings. The van der Waals surface area contributed by atoms with Crippen LogP contribution in [0.4, 0.5) is 0 Å². The molecule has 6 rings (SSSR count). The molecule has 8 atom stereocenters. The lowest BCUT2D eigenvalue weighted by atomic mass is 9.99. The van der Waals surface area contributed by atoms with Gasteiger partial charge in [0.1, 0.15) is 42.4 Å². The van der Waals surface area contributed by atoms with Crippen LogP contribution in [0.25, 0.3) is 0 Å². The summed E-state index contributed by atoms with van der Waals surface area (Å²) in [6.07, 6.45) is 3.43. The van der Waals surface area contributed by atoms with Crippen molar-refractivity contribution < 1.29 is 38.3 Å². The average Bonchev–Trinajstić information content (AvgIpc) is 3.92. The number of esters is 1. The molecule has 3 N–H and O–H groups in total. The fraction of sp³-hybridized carbons (Fsp3) is 0.590. The fourth-order valence-electron chi connectivity index (χ4n) is 8.25. The van der Waals surface area contributed by atoms with Crippen molar-refractivity contribution in [2.45, 2.75) is 114 Å². The van der Waals surface area contributed by atoms with E-state index < -0.39 is 77.9 Å². The molecule has 4 saturated heterocycles. The number of rotatable bonds is 7. The maximum absolute atomic E-state index is 14.7. The van der Waals surface area contributed by atoms with Gasteiger partial charge in [-0.1, -0.05) is 37.3 Å². The van der Waals surface area contributed by atoms with Gasteiger partial charge < -0.3 is 35.4 Å². The van der Waals surface area contributed by atoms with E-state index in [1.165, 1.54) is 21.6 Å². The molecule has 296 valence electrons. The molecular formula is C39H52N8O8. The van der Waals surface area contributed by atoms with Gasteiger partial charge in [0.25, 0.3) is 0 Å². The standard InChI is InChI=1S/C39H52N8O8/c1-23-19-31-39(54)55-25(3)33(42-34(49)28(20-26-11-6-5-7-12-26)41-32(48)21-27-15-18-44(4)43-27)38(53)46-17-10-14-30(46)37(52)45-16-9-8-13-29(45)35(50)40-24(2)36(51)47(31)22-23/h5-7,11-12,15,18,23-25,28-31,33H,8-10,13-14,16-17,19-22H2,1-4H3,(H,40,50)(H,41,48)(H,42,49)/t23-,24+,25+,28+,29+,30+,31+,33+/m1/s1. The largest absolute Gasteiger partial charge is 0.458 e. The van der Waals surface area contributed by atoms with E-state index in [2.05, 4.69) is 21.0 Å². The van der Waals surface area contributed by atoms with Crippen molar-refractivity contribution in [1.29, 1.82) is 0 Å². The number of hydrogen-bond acceptors (Lipinski definition) is 9. The van der Waals surface area contributed by atoms with Crippen molar-refractivity contribution in [3.05, 3.63) is 53.9 Å². The SMILES string of the molecule is C[C@@H]1C[C@H]2C(=O)O[C@@H](C)[C@H](NC(=O)[C@H](Cc3ccccc3)NC(=O)Cc3ccn(C)n3)C(=O)N3CCC[C@H]3C(=O)N3CCCC[C@H]3C(=O)N[C@@H](C)C(=O)N2C1. The summed E-state index contributed by atoms with van der Waals surface area (Å²) < 4.78 is 7.52. The molecule has 0 spiro atoms. The summed E-state index contributed by atoms with van der Waals surface area (Å²) in [5.74, 6) is -3.89. The summed E-state index contributed by atoms with van der Waals surface area (Å²) in [4.78, 5) is 102. The van der Waals surface area contributed by atoms with E-state index in [4.69, 9.17) is 4.74 Å². The normalized spacial score (nSPS) is 28.5. The summed E-state index contributed by atoms with van der Waals surface area (Å²) in [7, 11) is 1.73. The molecule has 0 unspecified atom stereocenters. The molecule has 16 nitrogen and oxygen atoms in total. The van der Waals surface area contributed by atoms with Crippen molar-refractivity contribution in [3.63, 3.8) is 0 Å². The lowest BCUT2D eigenvalue weighted by Crippen LogP contribution is -2.63. The van der Waals surface area contributed by atoms with Crippen molar-refractivity contribution in [3.8, 4) is 0 Å². The van der Waals surface area contributed by atoms with Crippen LogP contribution in [0.3, 0.4) is 0 Å². The molecular weight excluding hydrogens is 708 g/mol. The van der Waals surface area contributed by atoms with E-state index in [0.717, 1.165) is 5.56 Å². The number of fused-ring (bicyclic) bond motifs is 3. The Morgan fingerprint density at radius 2 is 1.58 bits per heavy atom. The molecule has 16 heteroatoms. The molecule has 6 amide bonds. The Morgan fingerprint density at radius 1 is 0.873 bits per heavy atom. The van der Waals surface area contributed by atoms with Crippen LogP contribution in [0.1, 0.15) is 70.6 Å². The molecule has 0 radical (unpaired) electrons. The molecule has 2 aromatic rings. The average molecular weight is 761 g/mol. The van der Waals surface area contributed by atoms with E-state index in [1.807, 2.05) is 37.3 Å². The number of aromatic nitrogens is 2. The highest BCUT2D eigenvalue weighted by molar-refractivity contribution is 5.98. The number of hydrogen-bond donors (Lipinski definition) is 3. The lowest BCUT2D eigenvalue weighted by Gasteiger charge is -2.39. The second-order valence-corrected chi connectivity index (χ2v) is 15.4. The molecule has 0 bridgehead atoms. The summed E-state index contributed by atoms with van der Waals surface area (Å²) >= 11 is 0. The zero-order valence-electron chi connectivity index (χ0n) is 31.9. The van der Waals surface area contributed by atoms with Crippen LogP contribution in [-0.2, 0) is 58.2 Å². The van der Waals surface area contributed by atoms with Gasteiger partial charge >= 0.3 is 5.97 Å². The molecule has 0 aliphatic carbocycles. The number of piperidine rings is 1. The van der Waals surface area contributed by atoms with Gasteiger partial charge in [-0.15, -0.1) is 0 Å². The highest BCUT2D eigenvalue weighted by Crippen LogP contribution is 2.28. The van der Waals surface area contributed by atoms with Crippen LogP contribution in [0, 0.1) is 5.92 Å². The van der Waals surface area contributed by atoms with Crippen LogP contribution in [-0.4, -0.2) is 128 Å². The van der Waals surface area contributed by atoms with E-state index in [1.54, 1.807) is 30.9 Å². The van der Waals surface area contributed by atoms with Gasteiger partial charge in [0.15, 0.2) is 0 Å². The zero-order valence-corrected chi connectivity index (χ0v) is 31.9. The highest BCUT2D eigenvalue weighted by atomic mass is 16.5.